The smallest absolute Gasteiger partial charge is 0.0963 e. The molecule has 0 spiro atoms. The second-order valence-corrected chi connectivity index (χ2v) is 4.91. The summed E-state index contributed by atoms with van der Waals surface area (Å²) in [5.41, 5.74) is 5.42. The molecule has 0 aromatic carbocycles. The highest BCUT2D eigenvalue weighted by Crippen LogP contribution is 2.28. The molecule has 14 heavy (non-hydrogen) atoms. The number of nitrogens with one attached hydrogen (secondary N) is 1. The van der Waals surface area contributed by atoms with E-state index in [2.05, 4.69) is 25.7 Å². The highest BCUT2D eigenvalue weighted by molar-refractivity contribution is 5.82. The van der Waals surface area contributed by atoms with E-state index in [1.54, 1.807) is 0 Å². The molecule has 0 atom stereocenters. The third kappa shape index (κ3) is 2.98. The fourth-order valence-electron chi connectivity index (χ4n) is 1.60. The van der Waals surface area contributed by atoms with Crippen LogP contribution in [0.15, 0.2) is 0 Å². The Morgan fingerprint density at radius 2 is 2.07 bits per heavy atom. The lowest BCUT2D eigenvalue weighted by atomic mass is 9.88. The summed E-state index contributed by atoms with van der Waals surface area (Å²) in [5, 5.41) is 7.48. The quantitative estimate of drug-likeness (QED) is 0.504. The van der Waals surface area contributed by atoms with Gasteiger partial charge in [0, 0.05) is 11.5 Å². The second kappa shape index (κ2) is 4.30. The van der Waals surface area contributed by atoms with Gasteiger partial charge < -0.3 is 10.6 Å². The van der Waals surface area contributed by atoms with Crippen molar-refractivity contribution >= 4 is 5.84 Å². The van der Waals surface area contributed by atoms with Gasteiger partial charge in [0.2, 0.25) is 0 Å². The molecule has 0 aromatic rings. The van der Waals surface area contributed by atoms with Gasteiger partial charge in [0.15, 0.2) is 0 Å². The van der Waals surface area contributed by atoms with E-state index >= 15 is 0 Å². The molecular formula is C11H23N3. The van der Waals surface area contributed by atoms with Crippen molar-refractivity contribution in [2.75, 3.05) is 13.1 Å². The van der Waals surface area contributed by atoms with Crippen molar-refractivity contribution < 1.29 is 0 Å². The predicted octanol–water partition coefficient (Wildman–Crippen LogP) is 1.82. The van der Waals surface area contributed by atoms with Crippen molar-refractivity contribution in [2.24, 2.45) is 11.1 Å². The second-order valence-electron chi connectivity index (χ2n) is 4.91. The lowest BCUT2D eigenvalue weighted by Gasteiger charge is -2.27. The van der Waals surface area contributed by atoms with Crippen molar-refractivity contribution in [3.63, 3.8) is 0 Å². The molecule has 3 heteroatoms. The van der Waals surface area contributed by atoms with E-state index in [1.165, 1.54) is 12.8 Å². The Bertz CT molecular complexity index is 207. The largest absolute Gasteiger partial charge is 0.387 e. The van der Waals surface area contributed by atoms with Gasteiger partial charge >= 0.3 is 0 Å². The molecule has 1 saturated carbocycles. The predicted molar refractivity (Wildman–Crippen MR) is 60.6 cm³/mol. The van der Waals surface area contributed by atoms with Crippen LogP contribution in [0.1, 0.15) is 40.0 Å². The van der Waals surface area contributed by atoms with Gasteiger partial charge in [0.05, 0.1) is 5.84 Å². The maximum Gasteiger partial charge on any atom is 0.0963 e. The Morgan fingerprint density at radius 1 is 1.50 bits per heavy atom. The molecule has 82 valence electrons. The standard InChI is InChI=1S/C11H23N3/c1-4-14(9-5-6-9)8-7-11(2,3)10(12)13/h9H,4-8H2,1-3H3,(H3,12,13). The summed E-state index contributed by atoms with van der Waals surface area (Å²) in [6, 6.07) is 0.822. The van der Waals surface area contributed by atoms with E-state index < -0.39 is 0 Å². The van der Waals surface area contributed by atoms with Crippen LogP contribution in [0.5, 0.6) is 0 Å². The van der Waals surface area contributed by atoms with Crippen LogP contribution in [-0.4, -0.2) is 29.9 Å². The maximum absolute atomic E-state index is 7.48. The minimum Gasteiger partial charge on any atom is -0.387 e. The molecule has 0 aliphatic heterocycles. The minimum absolute atomic E-state index is 0.137. The van der Waals surface area contributed by atoms with Crippen LogP contribution < -0.4 is 5.73 Å². The molecule has 1 rings (SSSR count). The molecule has 3 N–H and O–H groups in total. The average molecular weight is 197 g/mol. The summed E-state index contributed by atoms with van der Waals surface area (Å²) in [7, 11) is 0. The summed E-state index contributed by atoms with van der Waals surface area (Å²) in [5.74, 6) is 0.310. The zero-order valence-electron chi connectivity index (χ0n) is 9.64. The van der Waals surface area contributed by atoms with Crippen molar-refractivity contribution in [1.29, 1.82) is 5.41 Å². The van der Waals surface area contributed by atoms with E-state index in [0.717, 1.165) is 25.6 Å². The normalized spacial score (nSPS) is 17.4. The first-order valence-corrected chi connectivity index (χ1v) is 5.56. The third-order valence-corrected chi connectivity index (χ3v) is 3.22. The number of amidine groups is 1. The molecule has 0 saturated heterocycles. The van der Waals surface area contributed by atoms with Crippen LogP contribution in [0.3, 0.4) is 0 Å². The Kier molecular flexibility index (Phi) is 3.53. The first kappa shape index (κ1) is 11.5. The number of hydrogen-bond acceptors (Lipinski definition) is 2. The van der Waals surface area contributed by atoms with Gasteiger partial charge in [-0.2, -0.15) is 0 Å². The van der Waals surface area contributed by atoms with E-state index in [9.17, 15) is 0 Å². The molecule has 0 unspecified atom stereocenters. The van der Waals surface area contributed by atoms with Crippen LogP contribution in [0.25, 0.3) is 0 Å². The summed E-state index contributed by atoms with van der Waals surface area (Å²) < 4.78 is 0. The first-order chi connectivity index (χ1) is 6.47. The Hall–Kier alpha value is -0.570. The van der Waals surface area contributed by atoms with Gasteiger partial charge in [-0.25, -0.2) is 0 Å². The number of hydrogen-bond donors (Lipinski definition) is 2. The molecule has 0 heterocycles. The lowest BCUT2D eigenvalue weighted by molar-refractivity contribution is 0.247. The molecule has 1 aliphatic carbocycles. The highest BCUT2D eigenvalue weighted by atomic mass is 15.2. The molecule has 0 aromatic heterocycles. The third-order valence-electron chi connectivity index (χ3n) is 3.22. The Morgan fingerprint density at radius 3 is 2.43 bits per heavy atom. The van der Waals surface area contributed by atoms with Crippen LogP contribution in [0.2, 0.25) is 0 Å². The molecule has 0 amide bonds. The average Bonchev–Trinajstić information content (AvgIpc) is 2.89. The molecule has 0 radical (unpaired) electrons. The number of rotatable bonds is 6. The zero-order chi connectivity index (χ0) is 10.8. The fourth-order valence-corrected chi connectivity index (χ4v) is 1.60. The molecule has 0 bridgehead atoms. The first-order valence-electron chi connectivity index (χ1n) is 5.56. The molecule has 1 fully saturated rings. The minimum atomic E-state index is -0.137. The molecular weight excluding hydrogens is 174 g/mol. The SMILES string of the molecule is CCN(CCC(C)(C)C(=N)N)C1CC1. The summed E-state index contributed by atoms with van der Waals surface area (Å²) in [4.78, 5) is 2.50. The number of nitrogens with zero attached hydrogens (tertiary/aromatic N) is 1. The van der Waals surface area contributed by atoms with E-state index in [1.807, 2.05) is 0 Å². The summed E-state index contributed by atoms with van der Waals surface area (Å²) in [6.07, 6.45) is 3.70. The monoisotopic (exact) mass is 197 g/mol. The van der Waals surface area contributed by atoms with Crippen molar-refractivity contribution in [1.82, 2.24) is 4.90 Å². The van der Waals surface area contributed by atoms with E-state index in [4.69, 9.17) is 11.1 Å². The van der Waals surface area contributed by atoms with Gasteiger partial charge in [-0.05, 0) is 32.4 Å². The van der Waals surface area contributed by atoms with E-state index in [0.29, 0.717) is 5.84 Å². The highest BCUT2D eigenvalue weighted by Gasteiger charge is 2.29. The lowest BCUT2D eigenvalue weighted by Crippen LogP contribution is -2.36. The van der Waals surface area contributed by atoms with Crippen LogP contribution in [-0.2, 0) is 0 Å². The van der Waals surface area contributed by atoms with Gasteiger partial charge in [0.25, 0.3) is 0 Å². The Labute approximate surface area is 87.2 Å². The van der Waals surface area contributed by atoms with Crippen LogP contribution in [0.4, 0.5) is 0 Å². The number of nitrogens with two attached hydrogens (primary N) is 1. The van der Waals surface area contributed by atoms with Crippen molar-refractivity contribution in [3.8, 4) is 0 Å². The van der Waals surface area contributed by atoms with Crippen molar-refractivity contribution in [2.45, 2.75) is 46.1 Å². The summed E-state index contributed by atoms with van der Waals surface area (Å²) >= 11 is 0. The van der Waals surface area contributed by atoms with Crippen molar-refractivity contribution in [3.05, 3.63) is 0 Å². The van der Waals surface area contributed by atoms with Crippen LogP contribution >= 0.6 is 0 Å². The van der Waals surface area contributed by atoms with Gasteiger partial charge in [0.1, 0.15) is 0 Å². The Balaban J connectivity index is 2.33. The van der Waals surface area contributed by atoms with Crippen LogP contribution in [0, 0.1) is 10.8 Å². The maximum atomic E-state index is 7.48. The van der Waals surface area contributed by atoms with Gasteiger partial charge in [-0.1, -0.05) is 20.8 Å². The summed E-state index contributed by atoms with van der Waals surface area (Å²) in [6.45, 7) is 8.51. The zero-order valence-corrected chi connectivity index (χ0v) is 9.64. The topological polar surface area (TPSA) is 53.1 Å². The fraction of sp³-hybridized carbons (Fsp3) is 0.909. The molecule has 1 aliphatic rings. The van der Waals surface area contributed by atoms with Gasteiger partial charge in [-0.15, -0.1) is 0 Å². The van der Waals surface area contributed by atoms with Gasteiger partial charge in [-0.3, -0.25) is 5.41 Å². The van der Waals surface area contributed by atoms with E-state index in [-0.39, 0.29) is 5.41 Å². The molecule has 3 nitrogen and oxygen atoms in total.